The molecule has 0 atom stereocenters. The Labute approximate surface area is 144 Å². The second kappa shape index (κ2) is 7.15. The van der Waals surface area contributed by atoms with Crippen LogP contribution in [0.4, 0.5) is 11.4 Å². The number of methoxy groups -OCH3 is 1. The minimum absolute atomic E-state index is 0.0276. The Balaban J connectivity index is 1.73. The minimum Gasteiger partial charge on any atom is -0.493 e. The molecule has 3 rings (SSSR count). The van der Waals surface area contributed by atoms with E-state index in [2.05, 4.69) is 5.32 Å². The zero-order valence-electron chi connectivity index (χ0n) is 12.7. The Morgan fingerprint density at radius 2 is 2.13 bits per heavy atom. The first-order valence-electron chi connectivity index (χ1n) is 7.29. The third-order valence-electron chi connectivity index (χ3n) is 3.63. The second-order valence-corrected chi connectivity index (χ2v) is 6.58. The molecule has 0 aromatic heterocycles. The molecule has 0 unspecified atom stereocenters. The molecule has 2 aromatic carbocycles. The van der Waals surface area contributed by atoms with E-state index in [1.165, 1.54) is 0 Å². The minimum atomic E-state index is 0.0276. The summed E-state index contributed by atoms with van der Waals surface area (Å²) >= 11 is 7.88. The van der Waals surface area contributed by atoms with Gasteiger partial charge in [-0.25, -0.2) is 0 Å². The van der Waals surface area contributed by atoms with Crippen molar-refractivity contribution in [1.29, 1.82) is 0 Å². The highest BCUT2D eigenvalue weighted by Crippen LogP contribution is 2.35. The van der Waals surface area contributed by atoms with Crippen LogP contribution in [0.1, 0.15) is 0 Å². The molecular formula is C17H17ClN2O2S. The fourth-order valence-electron chi connectivity index (χ4n) is 2.55. The normalized spacial score (nSPS) is 13.4. The van der Waals surface area contributed by atoms with Crippen LogP contribution in [-0.2, 0) is 4.79 Å². The van der Waals surface area contributed by atoms with Gasteiger partial charge in [0.1, 0.15) is 0 Å². The van der Waals surface area contributed by atoms with Crippen molar-refractivity contribution in [3.8, 4) is 5.75 Å². The van der Waals surface area contributed by atoms with Gasteiger partial charge in [-0.2, -0.15) is 0 Å². The van der Waals surface area contributed by atoms with Crippen LogP contribution in [-0.4, -0.2) is 31.9 Å². The number of anilines is 2. The molecule has 120 valence electrons. The summed E-state index contributed by atoms with van der Waals surface area (Å²) in [5, 5.41) is 3.64. The van der Waals surface area contributed by atoms with Crippen molar-refractivity contribution >= 4 is 40.6 Å². The van der Waals surface area contributed by atoms with Crippen LogP contribution in [0.25, 0.3) is 0 Å². The smallest absolute Gasteiger partial charge is 0.246 e. The van der Waals surface area contributed by atoms with Gasteiger partial charge in [0, 0.05) is 17.2 Å². The molecule has 6 heteroatoms. The average Bonchev–Trinajstić information content (AvgIpc) is 2.59. The van der Waals surface area contributed by atoms with Crippen molar-refractivity contribution in [1.82, 2.24) is 0 Å². The molecule has 1 aliphatic rings. The standard InChI is InChI=1S/C17H17ClN2O2S/c1-22-17-12(18)5-4-6-13(17)19-11-16(21)20-9-10-23-15-8-3-2-7-14(15)20/h2-8,19H,9-11H2,1H3. The number of hydrogen-bond acceptors (Lipinski definition) is 4. The predicted molar refractivity (Wildman–Crippen MR) is 96.0 cm³/mol. The van der Waals surface area contributed by atoms with E-state index in [-0.39, 0.29) is 12.5 Å². The van der Waals surface area contributed by atoms with Gasteiger partial charge >= 0.3 is 0 Å². The number of halogens is 1. The van der Waals surface area contributed by atoms with Gasteiger partial charge in [0.05, 0.1) is 30.1 Å². The molecule has 0 aliphatic carbocycles. The lowest BCUT2D eigenvalue weighted by molar-refractivity contribution is -0.117. The van der Waals surface area contributed by atoms with E-state index in [0.29, 0.717) is 16.5 Å². The van der Waals surface area contributed by atoms with Crippen LogP contribution in [0.5, 0.6) is 5.75 Å². The first kappa shape index (κ1) is 16.0. The van der Waals surface area contributed by atoms with Crippen LogP contribution in [0.3, 0.4) is 0 Å². The molecule has 0 fully saturated rings. The van der Waals surface area contributed by atoms with E-state index in [4.69, 9.17) is 16.3 Å². The summed E-state index contributed by atoms with van der Waals surface area (Å²) in [6, 6.07) is 13.4. The van der Waals surface area contributed by atoms with Crippen molar-refractivity contribution in [2.24, 2.45) is 0 Å². The molecule has 0 spiro atoms. The Bertz CT molecular complexity index is 723. The average molecular weight is 349 g/mol. The van der Waals surface area contributed by atoms with Crippen LogP contribution in [0.2, 0.25) is 5.02 Å². The fourth-order valence-corrected chi connectivity index (χ4v) is 3.80. The summed E-state index contributed by atoms with van der Waals surface area (Å²) in [6.45, 7) is 0.907. The fraction of sp³-hybridized carbons (Fsp3) is 0.235. The summed E-state index contributed by atoms with van der Waals surface area (Å²) in [5.41, 5.74) is 1.70. The number of para-hydroxylation sites is 2. The predicted octanol–water partition coefficient (Wildman–Crippen LogP) is 3.90. The number of hydrogen-bond donors (Lipinski definition) is 1. The topological polar surface area (TPSA) is 41.6 Å². The largest absolute Gasteiger partial charge is 0.493 e. The van der Waals surface area contributed by atoms with Gasteiger partial charge in [0.15, 0.2) is 5.75 Å². The molecule has 0 radical (unpaired) electrons. The van der Waals surface area contributed by atoms with E-state index in [1.807, 2.05) is 41.3 Å². The van der Waals surface area contributed by atoms with Gasteiger partial charge in [-0.1, -0.05) is 29.8 Å². The first-order valence-corrected chi connectivity index (χ1v) is 8.65. The lowest BCUT2D eigenvalue weighted by atomic mass is 10.2. The van der Waals surface area contributed by atoms with Crippen LogP contribution >= 0.6 is 23.4 Å². The van der Waals surface area contributed by atoms with Crippen molar-refractivity contribution in [2.45, 2.75) is 4.90 Å². The molecule has 1 amide bonds. The van der Waals surface area contributed by atoms with E-state index in [0.717, 1.165) is 22.9 Å². The number of nitrogens with one attached hydrogen (secondary N) is 1. The summed E-state index contributed by atoms with van der Waals surface area (Å²) < 4.78 is 5.29. The molecule has 0 saturated heterocycles. The lowest BCUT2D eigenvalue weighted by Crippen LogP contribution is -2.39. The number of carbonyl (C=O) groups excluding carboxylic acids is 1. The zero-order valence-corrected chi connectivity index (χ0v) is 14.3. The SMILES string of the molecule is COc1c(Cl)cccc1NCC(=O)N1CCSc2ccccc21. The lowest BCUT2D eigenvalue weighted by Gasteiger charge is -2.29. The molecule has 2 aromatic rings. The number of carbonyl (C=O) groups is 1. The van der Waals surface area contributed by atoms with Crippen LogP contribution < -0.4 is 15.0 Å². The number of benzene rings is 2. The molecule has 1 heterocycles. The Hall–Kier alpha value is -1.85. The Kier molecular flexibility index (Phi) is 4.98. The molecule has 4 nitrogen and oxygen atoms in total. The van der Waals surface area contributed by atoms with Crippen LogP contribution in [0, 0.1) is 0 Å². The van der Waals surface area contributed by atoms with Crippen LogP contribution in [0.15, 0.2) is 47.4 Å². The maximum atomic E-state index is 12.6. The highest BCUT2D eigenvalue weighted by atomic mass is 35.5. The van der Waals surface area contributed by atoms with Crippen molar-refractivity contribution < 1.29 is 9.53 Å². The molecule has 23 heavy (non-hydrogen) atoms. The van der Waals surface area contributed by atoms with Crippen molar-refractivity contribution in [3.63, 3.8) is 0 Å². The second-order valence-electron chi connectivity index (χ2n) is 5.04. The monoisotopic (exact) mass is 348 g/mol. The van der Waals surface area contributed by atoms with Gasteiger partial charge in [-0.15, -0.1) is 11.8 Å². The maximum absolute atomic E-state index is 12.6. The van der Waals surface area contributed by atoms with Gasteiger partial charge in [-0.05, 0) is 24.3 Å². The van der Waals surface area contributed by atoms with E-state index in [9.17, 15) is 4.79 Å². The summed E-state index contributed by atoms with van der Waals surface area (Å²) in [4.78, 5) is 15.6. The highest BCUT2D eigenvalue weighted by Gasteiger charge is 2.22. The molecule has 1 N–H and O–H groups in total. The third kappa shape index (κ3) is 3.41. The Morgan fingerprint density at radius 1 is 1.30 bits per heavy atom. The highest BCUT2D eigenvalue weighted by molar-refractivity contribution is 7.99. The Morgan fingerprint density at radius 3 is 2.96 bits per heavy atom. The number of fused-ring (bicyclic) bond motifs is 1. The quantitative estimate of drug-likeness (QED) is 0.909. The summed E-state index contributed by atoms with van der Waals surface area (Å²) in [5.74, 6) is 1.49. The first-order chi connectivity index (χ1) is 11.2. The number of amides is 1. The zero-order chi connectivity index (χ0) is 16.2. The summed E-state index contributed by atoms with van der Waals surface area (Å²) in [6.07, 6.45) is 0. The molecule has 0 bridgehead atoms. The number of ether oxygens (including phenoxy) is 1. The molecular weight excluding hydrogens is 332 g/mol. The van der Waals surface area contributed by atoms with E-state index < -0.39 is 0 Å². The van der Waals surface area contributed by atoms with Gasteiger partial charge in [0.2, 0.25) is 5.91 Å². The van der Waals surface area contributed by atoms with E-state index in [1.54, 1.807) is 24.9 Å². The summed E-state index contributed by atoms with van der Waals surface area (Å²) in [7, 11) is 1.56. The maximum Gasteiger partial charge on any atom is 0.246 e. The van der Waals surface area contributed by atoms with Gasteiger partial charge in [-0.3, -0.25) is 4.79 Å². The number of rotatable bonds is 4. The number of nitrogens with zero attached hydrogens (tertiary/aromatic N) is 1. The van der Waals surface area contributed by atoms with Gasteiger partial charge in [0.25, 0.3) is 0 Å². The molecule has 1 aliphatic heterocycles. The van der Waals surface area contributed by atoms with Gasteiger partial charge < -0.3 is 15.0 Å². The number of thioether (sulfide) groups is 1. The van der Waals surface area contributed by atoms with Crippen molar-refractivity contribution in [2.75, 3.05) is 36.2 Å². The van der Waals surface area contributed by atoms with E-state index >= 15 is 0 Å². The third-order valence-corrected chi connectivity index (χ3v) is 4.97. The van der Waals surface area contributed by atoms with Crippen molar-refractivity contribution in [3.05, 3.63) is 47.5 Å². The molecule has 0 saturated carbocycles.